The minimum Gasteiger partial charge on any atom is -0.353 e. The Hall–Kier alpha value is -3.73. The number of piperazine rings is 1. The van der Waals surface area contributed by atoms with Gasteiger partial charge in [-0.25, -0.2) is 9.97 Å². The van der Waals surface area contributed by atoms with E-state index in [0.717, 1.165) is 46.6 Å². The molecule has 5 rings (SSSR count). The number of carbonyl (C=O) groups is 1. The normalized spacial score (nSPS) is 14.1. The molecule has 148 valence electrons. The second kappa shape index (κ2) is 7.95. The van der Waals surface area contributed by atoms with Crippen LogP contribution in [0.4, 0.5) is 5.82 Å². The lowest BCUT2D eigenvalue weighted by molar-refractivity contribution is 0.0746. The number of rotatable bonds is 3. The molecule has 0 radical (unpaired) electrons. The van der Waals surface area contributed by atoms with Crippen molar-refractivity contribution in [3.63, 3.8) is 0 Å². The van der Waals surface area contributed by atoms with E-state index < -0.39 is 0 Å². The van der Waals surface area contributed by atoms with Crippen molar-refractivity contribution in [2.75, 3.05) is 31.1 Å². The largest absolute Gasteiger partial charge is 0.353 e. The molecule has 1 fully saturated rings. The van der Waals surface area contributed by atoms with Gasteiger partial charge in [-0.1, -0.05) is 60.7 Å². The number of fused-ring (bicyclic) bond motifs is 1. The number of hydrogen-bond acceptors (Lipinski definition) is 4. The van der Waals surface area contributed by atoms with Crippen LogP contribution in [0.2, 0.25) is 0 Å². The van der Waals surface area contributed by atoms with Gasteiger partial charge in [0.1, 0.15) is 5.82 Å². The summed E-state index contributed by atoms with van der Waals surface area (Å²) < 4.78 is 0. The fraction of sp³-hybridized carbons (Fsp3) is 0.160. The molecule has 5 nitrogen and oxygen atoms in total. The summed E-state index contributed by atoms with van der Waals surface area (Å²) in [5.74, 6) is 1.72. The van der Waals surface area contributed by atoms with Crippen LogP contribution >= 0.6 is 0 Å². The Morgan fingerprint density at radius 1 is 0.767 bits per heavy atom. The van der Waals surface area contributed by atoms with Crippen LogP contribution in [0.15, 0.2) is 85.1 Å². The first-order valence-corrected chi connectivity index (χ1v) is 10.2. The number of aromatic nitrogens is 2. The van der Waals surface area contributed by atoms with Crippen molar-refractivity contribution in [1.29, 1.82) is 0 Å². The smallest absolute Gasteiger partial charge is 0.253 e. The monoisotopic (exact) mass is 394 g/mol. The lowest BCUT2D eigenvalue weighted by Crippen LogP contribution is -2.49. The van der Waals surface area contributed by atoms with Crippen LogP contribution in [0.5, 0.6) is 0 Å². The van der Waals surface area contributed by atoms with Crippen LogP contribution in [0.25, 0.3) is 22.2 Å². The topological polar surface area (TPSA) is 49.3 Å². The molecule has 0 unspecified atom stereocenters. The van der Waals surface area contributed by atoms with Gasteiger partial charge in [0, 0.05) is 43.5 Å². The maximum absolute atomic E-state index is 13.0. The van der Waals surface area contributed by atoms with Gasteiger partial charge in [0.15, 0.2) is 5.82 Å². The van der Waals surface area contributed by atoms with E-state index >= 15 is 0 Å². The van der Waals surface area contributed by atoms with Crippen molar-refractivity contribution >= 4 is 22.5 Å². The molecule has 0 bridgehead atoms. The van der Waals surface area contributed by atoms with Crippen LogP contribution in [0, 0.1) is 0 Å². The van der Waals surface area contributed by atoms with Crippen molar-refractivity contribution in [2.45, 2.75) is 0 Å². The zero-order chi connectivity index (χ0) is 20.3. The summed E-state index contributed by atoms with van der Waals surface area (Å²) >= 11 is 0. The van der Waals surface area contributed by atoms with E-state index in [1.54, 1.807) is 6.20 Å². The highest BCUT2D eigenvalue weighted by molar-refractivity contribution is 5.98. The molecule has 1 aliphatic rings. The summed E-state index contributed by atoms with van der Waals surface area (Å²) in [7, 11) is 0. The van der Waals surface area contributed by atoms with E-state index in [2.05, 4.69) is 16.0 Å². The summed E-state index contributed by atoms with van der Waals surface area (Å²) in [6, 6.07) is 26.0. The lowest BCUT2D eigenvalue weighted by Gasteiger charge is -2.35. The van der Waals surface area contributed by atoms with Gasteiger partial charge < -0.3 is 9.80 Å². The lowest BCUT2D eigenvalue weighted by atomic mass is 10.1. The summed E-state index contributed by atoms with van der Waals surface area (Å²) in [5.41, 5.74) is 1.75. The fourth-order valence-corrected chi connectivity index (χ4v) is 3.90. The minimum absolute atomic E-state index is 0.0908. The van der Waals surface area contributed by atoms with E-state index in [1.807, 2.05) is 77.7 Å². The summed E-state index contributed by atoms with van der Waals surface area (Å²) in [6.07, 6.45) is 1.80. The molecule has 1 saturated heterocycles. The van der Waals surface area contributed by atoms with Gasteiger partial charge in [0.05, 0.1) is 0 Å². The molecule has 0 N–H and O–H groups in total. The Morgan fingerprint density at radius 2 is 1.50 bits per heavy atom. The van der Waals surface area contributed by atoms with Gasteiger partial charge >= 0.3 is 0 Å². The molecular weight excluding hydrogens is 372 g/mol. The van der Waals surface area contributed by atoms with Crippen LogP contribution in [0.3, 0.4) is 0 Å². The quantitative estimate of drug-likeness (QED) is 0.521. The van der Waals surface area contributed by atoms with Gasteiger partial charge in [0.2, 0.25) is 0 Å². The third kappa shape index (κ3) is 3.62. The van der Waals surface area contributed by atoms with Crippen LogP contribution in [0.1, 0.15) is 10.4 Å². The Morgan fingerprint density at radius 3 is 2.30 bits per heavy atom. The Bertz CT molecular complexity index is 1180. The first kappa shape index (κ1) is 18.3. The number of anilines is 1. The second-order valence-electron chi connectivity index (χ2n) is 7.45. The molecule has 1 aromatic heterocycles. The maximum atomic E-state index is 13.0. The van der Waals surface area contributed by atoms with Crippen LogP contribution in [-0.4, -0.2) is 47.0 Å². The van der Waals surface area contributed by atoms with Crippen LogP contribution < -0.4 is 4.90 Å². The number of amides is 1. The molecule has 0 aliphatic carbocycles. The third-order valence-electron chi connectivity index (χ3n) is 5.56. The highest BCUT2D eigenvalue weighted by Crippen LogP contribution is 2.21. The Kier molecular flexibility index (Phi) is 4.85. The fourth-order valence-electron chi connectivity index (χ4n) is 3.90. The SMILES string of the molecule is O=C(c1ccc2ccccc2c1)N1CCN(c2ccnc(-c3ccccc3)n2)CC1. The molecule has 1 aliphatic heterocycles. The van der Waals surface area contributed by atoms with Gasteiger partial charge in [-0.3, -0.25) is 4.79 Å². The highest BCUT2D eigenvalue weighted by Gasteiger charge is 2.23. The summed E-state index contributed by atoms with van der Waals surface area (Å²) in [4.78, 5) is 26.3. The predicted molar refractivity (Wildman–Crippen MR) is 120 cm³/mol. The van der Waals surface area contributed by atoms with E-state index in [4.69, 9.17) is 4.98 Å². The van der Waals surface area contributed by atoms with Crippen molar-refractivity contribution < 1.29 is 4.79 Å². The van der Waals surface area contributed by atoms with Gasteiger partial charge in [-0.2, -0.15) is 0 Å². The molecule has 1 amide bonds. The average molecular weight is 394 g/mol. The van der Waals surface area contributed by atoms with Gasteiger partial charge in [-0.05, 0) is 29.0 Å². The van der Waals surface area contributed by atoms with E-state index in [-0.39, 0.29) is 5.91 Å². The average Bonchev–Trinajstić information content (AvgIpc) is 2.84. The molecular formula is C25H22N4O. The molecule has 2 heterocycles. The number of benzene rings is 3. The molecule has 0 atom stereocenters. The summed E-state index contributed by atoms with van der Waals surface area (Å²) in [6.45, 7) is 2.86. The van der Waals surface area contributed by atoms with Gasteiger partial charge in [0.25, 0.3) is 5.91 Å². The molecule has 4 aromatic rings. The zero-order valence-electron chi connectivity index (χ0n) is 16.6. The van der Waals surface area contributed by atoms with Crippen molar-refractivity contribution in [3.05, 3.63) is 90.6 Å². The van der Waals surface area contributed by atoms with E-state index in [0.29, 0.717) is 13.1 Å². The third-order valence-corrected chi connectivity index (χ3v) is 5.56. The number of carbonyl (C=O) groups excluding carboxylic acids is 1. The van der Waals surface area contributed by atoms with Crippen molar-refractivity contribution in [2.24, 2.45) is 0 Å². The maximum Gasteiger partial charge on any atom is 0.253 e. The molecule has 30 heavy (non-hydrogen) atoms. The standard InChI is InChI=1S/C25H22N4O/c30-25(22-11-10-19-6-4-5-9-21(19)18-22)29-16-14-28(15-17-29)23-12-13-26-24(27-23)20-7-2-1-3-8-20/h1-13,18H,14-17H2. The van der Waals surface area contributed by atoms with E-state index in [9.17, 15) is 4.79 Å². The summed E-state index contributed by atoms with van der Waals surface area (Å²) in [5, 5.41) is 2.24. The molecule has 3 aromatic carbocycles. The molecule has 0 saturated carbocycles. The molecule has 5 heteroatoms. The first-order chi connectivity index (χ1) is 14.8. The minimum atomic E-state index is 0.0908. The van der Waals surface area contributed by atoms with Crippen molar-refractivity contribution in [3.8, 4) is 11.4 Å². The molecule has 0 spiro atoms. The Labute approximate surface area is 175 Å². The predicted octanol–water partition coefficient (Wildman–Crippen LogP) is 4.26. The van der Waals surface area contributed by atoms with Crippen molar-refractivity contribution in [1.82, 2.24) is 14.9 Å². The highest BCUT2D eigenvalue weighted by atomic mass is 16.2. The number of hydrogen-bond donors (Lipinski definition) is 0. The number of nitrogens with zero attached hydrogens (tertiary/aromatic N) is 4. The first-order valence-electron chi connectivity index (χ1n) is 10.2. The van der Waals surface area contributed by atoms with Crippen LogP contribution in [-0.2, 0) is 0 Å². The van der Waals surface area contributed by atoms with Gasteiger partial charge in [-0.15, -0.1) is 0 Å². The second-order valence-corrected chi connectivity index (χ2v) is 7.45. The Balaban J connectivity index is 1.28. The zero-order valence-corrected chi connectivity index (χ0v) is 16.6. The van der Waals surface area contributed by atoms with E-state index in [1.165, 1.54) is 0 Å².